The Labute approximate surface area is 360 Å². The van der Waals surface area contributed by atoms with Gasteiger partial charge in [-0.05, 0) is 115 Å². The average molecular weight is 789 g/mol. The van der Waals surface area contributed by atoms with Gasteiger partial charge in [-0.25, -0.2) is 0 Å². The summed E-state index contributed by atoms with van der Waals surface area (Å²) in [6, 6.07) is 88.5. The van der Waals surface area contributed by atoms with E-state index in [0.717, 1.165) is 22.7 Å². The van der Waals surface area contributed by atoms with Gasteiger partial charge in [-0.3, -0.25) is 0 Å². The molecule has 2 heteroatoms. The zero-order chi connectivity index (χ0) is 41.0. The number of anilines is 3. The molecule has 12 aromatic rings. The van der Waals surface area contributed by atoms with E-state index in [2.05, 4.69) is 252 Å². The number of aromatic nitrogens is 1. The van der Waals surface area contributed by atoms with Crippen LogP contribution in [0.4, 0.5) is 17.1 Å². The number of para-hydroxylation sites is 2. The van der Waals surface area contributed by atoms with Crippen molar-refractivity contribution in [2.75, 3.05) is 4.90 Å². The second-order valence-corrected chi connectivity index (χ2v) is 16.1. The summed E-state index contributed by atoms with van der Waals surface area (Å²) in [4.78, 5) is 2.42. The van der Waals surface area contributed by atoms with Crippen LogP contribution in [0.1, 0.15) is 0 Å². The molecule has 0 saturated carbocycles. The van der Waals surface area contributed by atoms with Gasteiger partial charge in [-0.2, -0.15) is 0 Å². The second kappa shape index (κ2) is 14.8. The predicted molar refractivity (Wildman–Crippen MR) is 264 cm³/mol. The minimum Gasteiger partial charge on any atom is -0.310 e. The normalized spacial score (nSPS) is 11.5. The van der Waals surface area contributed by atoms with Crippen LogP contribution in [0.5, 0.6) is 0 Å². The van der Waals surface area contributed by atoms with Crippen LogP contribution in [0.15, 0.2) is 243 Å². The van der Waals surface area contributed by atoms with Crippen molar-refractivity contribution < 1.29 is 0 Å². The largest absolute Gasteiger partial charge is 0.310 e. The number of nitrogens with zero attached hydrogens (tertiary/aromatic N) is 2. The Morgan fingerprint density at radius 3 is 1.53 bits per heavy atom. The molecule has 1 aromatic heterocycles. The van der Waals surface area contributed by atoms with Crippen LogP contribution < -0.4 is 4.90 Å². The van der Waals surface area contributed by atoms with Crippen molar-refractivity contribution in [3.05, 3.63) is 243 Å². The zero-order valence-electron chi connectivity index (χ0n) is 34.0. The van der Waals surface area contributed by atoms with Gasteiger partial charge in [0.1, 0.15) is 0 Å². The van der Waals surface area contributed by atoms with Gasteiger partial charge in [0.15, 0.2) is 0 Å². The summed E-state index contributed by atoms with van der Waals surface area (Å²) in [6.45, 7) is 0. The van der Waals surface area contributed by atoms with E-state index in [0.29, 0.717) is 0 Å². The summed E-state index contributed by atoms with van der Waals surface area (Å²) in [5.41, 5.74) is 14.1. The van der Waals surface area contributed by atoms with E-state index in [9.17, 15) is 0 Å². The highest BCUT2D eigenvalue weighted by molar-refractivity contribution is 6.22. The molecule has 0 spiro atoms. The molecular formula is C60H40N2. The number of hydrogen-bond acceptors (Lipinski definition) is 1. The monoisotopic (exact) mass is 788 g/mol. The molecule has 0 aliphatic carbocycles. The number of fused-ring (bicyclic) bond motifs is 7. The Morgan fingerprint density at radius 1 is 0.274 bits per heavy atom. The number of hydrogen-bond donors (Lipinski definition) is 0. The lowest BCUT2D eigenvalue weighted by atomic mass is 9.84. The van der Waals surface area contributed by atoms with Gasteiger partial charge in [0.05, 0.1) is 16.7 Å². The van der Waals surface area contributed by atoms with Crippen molar-refractivity contribution in [3.63, 3.8) is 0 Å². The summed E-state index contributed by atoms with van der Waals surface area (Å²) in [5, 5.41) is 9.91. The van der Waals surface area contributed by atoms with E-state index in [4.69, 9.17) is 0 Å². The van der Waals surface area contributed by atoms with Gasteiger partial charge in [0, 0.05) is 33.2 Å². The third-order valence-electron chi connectivity index (χ3n) is 12.5. The van der Waals surface area contributed by atoms with Crippen LogP contribution in [-0.2, 0) is 0 Å². The summed E-state index contributed by atoms with van der Waals surface area (Å²) < 4.78 is 2.40. The lowest BCUT2D eigenvalue weighted by Gasteiger charge is -2.27. The van der Waals surface area contributed by atoms with Crippen molar-refractivity contribution in [1.82, 2.24) is 4.57 Å². The molecule has 62 heavy (non-hydrogen) atoms. The highest BCUT2D eigenvalue weighted by atomic mass is 15.1. The van der Waals surface area contributed by atoms with Crippen molar-refractivity contribution in [3.8, 4) is 39.1 Å². The third kappa shape index (κ3) is 5.88. The fourth-order valence-corrected chi connectivity index (χ4v) is 9.77. The smallest absolute Gasteiger partial charge is 0.0561 e. The van der Waals surface area contributed by atoms with Gasteiger partial charge in [0.2, 0.25) is 0 Å². The first-order chi connectivity index (χ1) is 30.8. The molecule has 11 aromatic carbocycles. The first kappa shape index (κ1) is 35.7. The first-order valence-electron chi connectivity index (χ1n) is 21.3. The Bertz CT molecular complexity index is 3600. The summed E-state index contributed by atoms with van der Waals surface area (Å²) in [7, 11) is 0. The molecule has 290 valence electrons. The molecule has 1 heterocycles. The topological polar surface area (TPSA) is 8.17 Å². The van der Waals surface area contributed by atoms with E-state index in [1.54, 1.807) is 0 Å². The van der Waals surface area contributed by atoms with Crippen molar-refractivity contribution in [1.29, 1.82) is 0 Å². The second-order valence-electron chi connectivity index (χ2n) is 16.1. The maximum absolute atomic E-state index is 2.42. The van der Waals surface area contributed by atoms with Crippen LogP contribution in [-0.4, -0.2) is 4.57 Å². The molecule has 0 bridgehead atoms. The van der Waals surface area contributed by atoms with E-state index >= 15 is 0 Å². The third-order valence-corrected chi connectivity index (χ3v) is 12.5. The maximum Gasteiger partial charge on any atom is 0.0561 e. The fourth-order valence-electron chi connectivity index (χ4n) is 9.77. The van der Waals surface area contributed by atoms with Gasteiger partial charge >= 0.3 is 0 Å². The molecular weight excluding hydrogens is 749 g/mol. The number of benzene rings is 11. The van der Waals surface area contributed by atoms with Crippen LogP contribution in [0.3, 0.4) is 0 Å². The van der Waals surface area contributed by atoms with E-state index in [1.807, 2.05) is 0 Å². The highest BCUT2D eigenvalue weighted by Crippen LogP contribution is 2.46. The Balaban J connectivity index is 1.05. The molecule has 0 aliphatic rings. The Morgan fingerprint density at radius 2 is 0.790 bits per heavy atom. The van der Waals surface area contributed by atoms with Crippen molar-refractivity contribution in [2.24, 2.45) is 0 Å². The van der Waals surface area contributed by atoms with Crippen LogP contribution in [0.25, 0.3) is 93.2 Å². The molecule has 2 nitrogen and oxygen atoms in total. The predicted octanol–water partition coefficient (Wildman–Crippen LogP) is 16.7. The molecule has 0 unspecified atom stereocenters. The summed E-state index contributed by atoms with van der Waals surface area (Å²) in [6.07, 6.45) is 0. The van der Waals surface area contributed by atoms with Crippen LogP contribution in [0.2, 0.25) is 0 Å². The minimum atomic E-state index is 1.09. The van der Waals surface area contributed by atoms with Crippen molar-refractivity contribution >= 4 is 71.2 Å². The van der Waals surface area contributed by atoms with Gasteiger partial charge in [-0.1, -0.05) is 188 Å². The summed E-state index contributed by atoms with van der Waals surface area (Å²) >= 11 is 0. The molecule has 0 aliphatic heterocycles. The SMILES string of the molecule is c1ccc(-c2c(-c3ccccc3)c3cc(-c4ccc(N(c5ccc6c7ccccc7n(-c7ccccc7)c6c5)c5cccc6ccccc56)cc4)ccc3c3ccccc23)cc1. The molecule has 0 fully saturated rings. The van der Waals surface area contributed by atoms with E-state index in [-0.39, 0.29) is 0 Å². The highest BCUT2D eigenvalue weighted by Gasteiger charge is 2.21. The Hall–Kier alpha value is -8.20. The molecule has 12 rings (SSSR count). The van der Waals surface area contributed by atoms with Crippen LogP contribution >= 0.6 is 0 Å². The lowest BCUT2D eigenvalue weighted by Crippen LogP contribution is -2.10. The fraction of sp³-hybridized carbons (Fsp3) is 0. The molecule has 0 amide bonds. The quantitative estimate of drug-likeness (QED) is 0.146. The first-order valence-corrected chi connectivity index (χ1v) is 21.3. The maximum atomic E-state index is 2.42. The zero-order valence-corrected chi connectivity index (χ0v) is 34.0. The minimum absolute atomic E-state index is 1.09. The molecule has 0 saturated heterocycles. The molecule has 0 radical (unpaired) electrons. The molecule has 0 N–H and O–H groups in total. The van der Waals surface area contributed by atoms with Gasteiger partial charge < -0.3 is 9.47 Å². The summed E-state index contributed by atoms with van der Waals surface area (Å²) in [5.74, 6) is 0. The van der Waals surface area contributed by atoms with Gasteiger partial charge in [0.25, 0.3) is 0 Å². The molecule has 0 atom stereocenters. The van der Waals surface area contributed by atoms with E-state index in [1.165, 1.54) is 87.5 Å². The average Bonchev–Trinajstić information content (AvgIpc) is 3.68. The number of rotatable bonds is 7. The van der Waals surface area contributed by atoms with Crippen LogP contribution in [0, 0.1) is 0 Å². The van der Waals surface area contributed by atoms with Crippen molar-refractivity contribution in [2.45, 2.75) is 0 Å². The van der Waals surface area contributed by atoms with Gasteiger partial charge in [-0.15, -0.1) is 0 Å². The lowest BCUT2D eigenvalue weighted by molar-refractivity contribution is 1.18. The Kier molecular flexibility index (Phi) is 8.53. The standard InChI is InChI=1S/C60H40N2/c1-4-18-43(19-5-1)59-54-28-13-12-26-50(54)51-37-33-45(39-55(51)60(59)44-20-6-2-7-21-44)41-31-34-47(35-32-41)61(56-30-16-22-42-17-10-11-25-49(42)56)48-36-38-53-52-27-14-15-29-57(52)62(58(53)40-48)46-23-8-3-9-24-46/h1-40H. The van der Waals surface area contributed by atoms with E-state index < -0.39 is 0 Å².